The Balaban J connectivity index is 1.97. The molecule has 96 valence electrons. The van der Waals surface area contributed by atoms with Gasteiger partial charge in [-0.2, -0.15) is 15.1 Å². The molecule has 4 N–H and O–H groups in total. The number of nitrogens with zero attached hydrogens (tertiary/aromatic N) is 3. The smallest absolute Gasteiger partial charge is 0.224 e. The maximum absolute atomic E-state index is 5.67. The molecule has 0 spiro atoms. The van der Waals surface area contributed by atoms with Crippen molar-refractivity contribution < 1.29 is 0 Å². The monoisotopic (exact) mass is 254 g/mol. The number of nitrogen functional groups attached to an aromatic ring is 1. The molecule has 6 nitrogen and oxygen atoms in total. The Bertz CT molecular complexity index is 701. The number of rotatable bonds is 3. The maximum Gasteiger partial charge on any atom is 0.224 e. The summed E-state index contributed by atoms with van der Waals surface area (Å²) in [5, 5.41) is 10.8. The quantitative estimate of drug-likeness (QED) is 0.666. The second kappa shape index (κ2) is 4.56. The fraction of sp³-hybridized carbons (Fsp3) is 0.154. The van der Waals surface area contributed by atoms with Crippen LogP contribution in [0.1, 0.15) is 12.5 Å². The predicted molar refractivity (Wildman–Crippen MR) is 75.2 cm³/mol. The molecule has 0 amide bonds. The number of hydrogen-bond acceptors (Lipinski definition) is 5. The van der Waals surface area contributed by atoms with Crippen LogP contribution in [0, 0.1) is 0 Å². The van der Waals surface area contributed by atoms with Crippen molar-refractivity contribution in [3.05, 3.63) is 36.0 Å². The van der Waals surface area contributed by atoms with Gasteiger partial charge in [0.1, 0.15) is 5.82 Å². The summed E-state index contributed by atoms with van der Waals surface area (Å²) in [6.45, 7) is 2.13. The lowest BCUT2D eigenvalue weighted by molar-refractivity contribution is 1.09. The molecule has 19 heavy (non-hydrogen) atoms. The third-order valence-corrected chi connectivity index (χ3v) is 2.95. The third kappa shape index (κ3) is 2.20. The van der Waals surface area contributed by atoms with Crippen molar-refractivity contribution in [1.29, 1.82) is 0 Å². The van der Waals surface area contributed by atoms with Gasteiger partial charge < -0.3 is 11.1 Å². The van der Waals surface area contributed by atoms with Crippen LogP contribution in [0.3, 0.4) is 0 Å². The van der Waals surface area contributed by atoms with Crippen molar-refractivity contribution in [2.45, 2.75) is 13.3 Å². The molecule has 0 aliphatic heterocycles. The van der Waals surface area contributed by atoms with Gasteiger partial charge in [0.2, 0.25) is 5.95 Å². The van der Waals surface area contributed by atoms with Crippen molar-refractivity contribution in [3.8, 4) is 0 Å². The zero-order valence-corrected chi connectivity index (χ0v) is 10.5. The van der Waals surface area contributed by atoms with Crippen molar-refractivity contribution in [2.24, 2.45) is 0 Å². The van der Waals surface area contributed by atoms with E-state index in [4.69, 9.17) is 5.73 Å². The molecule has 1 aromatic carbocycles. The van der Waals surface area contributed by atoms with Crippen LogP contribution in [0.15, 0.2) is 30.5 Å². The van der Waals surface area contributed by atoms with Crippen LogP contribution in [0.5, 0.6) is 0 Å². The summed E-state index contributed by atoms with van der Waals surface area (Å²) in [5.74, 6) is 0.866. The van der Waals surface area contributed by atoms with Gasteiger partial charge >= 0.3 is 0 Å². The van der Waals surface area contributed by atoms with E-state index in [-0.39, 0.29) is 5.95 Å². The average molecular weight is 254 g/mol. The molecule has 3 aromatic rings. The molecular formula is C13H14N6. The Kier molecular flexibility index (Phi) is 2.75. The largest absolute Gasteiger partial charge is 0.368 e. The lowest BCUT2D eigenvalue weighted by atomic mass is 10.1. The molecule has 0 aliphatic rings. The van der Waals surface area contributed by atoms with Crippen LogP contribution >= 0.6 is 0 Å². The van der Waals surface area contributed by atoms with Gasteiger partial charge in [-0.15, -0.1) is 0 Å². The molecule has 0 fully saturated rings. The van der Waals surface area contributed by atoms with Gasteiger partial charge in [0, 0.05) is 5.69 Å². The Morgan fingerprint density at radius 2 is 2.00 bits per heavy atom. The van der Waals surface area contributed by atoms with E-state index in [9.17, 15) is 0 Å². The van der Waals surface area contributed by atoms with Gasteiger partial charge in [0.25, 0.3) is 0 Å². The van der Waals surface area contributed by atoms with Crippen LogP contribution in [0.2, 0.25) is 0 Å². The van der Waals surface area contributed by atoms with Gasteiger partial charge in [-0.05, 0) is 24.1 Å². The summed E-state index contributed by atoms with van der Waals surface area (Å²) in [7, 11) is 0. The summed E-state index contributed by atoms with van der Waals surface area (Å²) in [6.07, 6.45) is 2.70. The van der Waals surface area contributed by atoms with E-state index < -0.39 is 0 Å². The van der Waals surface area contributed by atoms with E-state index in [1.165, 1.54) is 5.56 Å². The highest BCUT2D eigenvalue weighted by Gasteiger charge is 2.08. The van der Waals surface area contributed by atoms with E-state index in [0.717, 1.165) is 17.5 Å². The fourth-order valence-corrected chi connectivity index (χ4v) is 1.91. The molecule has 0 saturated heterocycles. The molecule has 3 rings (SSSR count). The highest BCUT2D eigenvalue weighted by atomic mass is 15.2. The van der Waals surface area contributed by atoms with Crippen LogP contribution < -0.4 is 11.1 Å². The number of benzene rings is 1. The van der Waals surface area contributed by atoms with Gasteiger partial charge in [0.05, 0.1) is 11.6 Å². The minimum atomic E-state index is 0.212. The molecule has 0 bridgehead atoms. The van der Waals surface area contributed by atoms with Gasteiger partial charge in [-0.1, -0.05) is 19.1 Å². The lowest BCUT2D eigenvalue weighted by Gasteiger charge is -2.07. The van der Waals surface area contributed by atoms with Crippen molar-refractivity contribution >= 4 is 28.5 Å². The van der Waals surface area contributed by atoms with Crippen LogP contribution in [-0.2, 0) is 6.42 Å². The van der Waals surface area contributed by atoms with E-state index in [1.807, 2.05) is 12.1 Å². The maximum atomic E-state index is 5.67. The molecule has 2 heterocycles. The molecule has 0 atom stereocenters. The Morgan fingerprint density at radius 1 is 1.21 bits per heavy atom. The average Bonchev–Trinajstić information content (AvgIpc) is 2.88. The summed E-state index contributed by atoms with van der Waals surface area (Å²) in [6, 6.07) is 8.20. The number of nitrogens with one attached hydrogen (secondary N) is 2. The first-order valence-electron chi connectivity index (χ1n) is 6.09. The van der Waals surface area contributed by atoms with E-state index >= 15 is 0 Å². The Morgan fingerprint density at radius 3 is 2.74 bits per heavy atom. The van der Waals surface area contributed by atoms with Gasteiger partial charge in [0.15, 0.2) is 5.65 Å². The van der Waals surface area contributed by atoms with Crippen molar-refractivity contribution in [2.75, 3.05) is 11.1 Å². The number of anilines is 3. The topological polar surface area (TPSA) is 92.5 Å². The second-order valence-corrected chi connectivity index (χ2v) is 4.24. The number of H-pyrrole nitrogens is 1. The zero-order chi connectivity index (χ0) is 13.2. The number of nitrogens with two attached hydrogens (primary N) is 1. The summed E-state index contributed by atoms with van der Waals surface area (Å²) in [5.41, 5.74) is 8.55. The van der Waals surface area contributed by atoms with E-state index in [0.29, 0.717) is 11.5 Å². The summed E-state index contributed by atoms with van der Waals surface area (Å²) >= 11 is 0. The molecule has 2 aromatic heterocycles. The summed E-state index contributed by atoms with van der Waals surface area (Å²) < 4.78 is 0. The highest BCUT2D eigenvalue weighted by molar-refractivity contribution is 5.88. The number of fused-ring (bicyclic) bond motifs is 1. The Hall–Kier alpha value is -2.63. The molecule has 0 saturated carbocycles. The van der Waals surface area contributed by atoms with Crippen LogP contribution in [0.4, 0.5) is 17.5 Å². The normalized spacial score (nSPS) is 10.8. The molecular weight excluding hydrogens is 240 g/mol. The SMILES string of the molecule is CCc1ccc(Nc2nc(N)nc3[nH]ncc23)cc1. The van der Waals surface area contributed by atoms with Crippen LogP contribution in [-0.4, -0.2) is 20.2 Å². The molecule has 0 aliphatic carbocycles. The van der Waals surface area contributed by atoms with Gasteiger partial charge in [-0.25, -0.2) is 0 Å². The number of aromatic nitrogens is 4. The number of hydrogen-bond donors (Lipinski definition) is 3. The third-order valence-electron chi connectivity index (χ3n) is 2.95. The Labute approximate surface area is 110 Å². The number of aryl methyl sites for hydroxylation is 1. The minimum absolute atomic E-state index is 0.212. The van der Waals surface area contributed by atoms with Crippen LogP contribution in [0.25, 0.3) is 11.0 Å². The van der Waals surface area contributed by atoms with Crippen molar-refractivity contribution in [1.82, 2.24) is 20.2 Å². The van der Waals surface area contributed by atoms with E-state index in [2.05, 4.69) is 44.5 Å². The predicted octanol–water partition coefficient (Wildman–Crippen LogP) is 2.24. The molecule has 6 heteroatoms. The fourth-order valence-electron chi connectivity index (χ4n) is 1.91. The lowest BCUT2D eigenvalue weighted by Crippen LogP contribution is -2.00. The standard InChI is InChI=1S/C13H14N6/c1-2-8-3-5-9(6-4-8)16-11-10-7-15-19-12(10)18-13(14)17-11/h3-7H,2H2,1H3,(H4,14,15,16,17,18,19). The molecule has 0 radical (unpaired) electrons. The second-order valence-electron chi connectivity index (χ2n) is 4.24. The van der Waals surface area contributed by atoms with Crippen molar-refractivity contribution in [3.63, 3.8) is 0 Å². The minimum Gasteiger partial charge on any atom is -0.368 e. The first kappa shape index (κ1) is 11.5. The highest BCUT2D eigenvalue weighted by Crippen LogP contribution is 2.23. The van der Waals surface area contributed by atoms with Gasteiger partial charge in [-0.3, -0.25) is 5.10 Å². The number of aromatic amines is 1. The first-order chi connectivity index (χ1) is 9.26. The van der Waals surface area contributed by atoms with E-state index in [1.54, 1.807) is 6.20 Å². The first-order valence-corrected chi connectivity index (χ1v) is 6.09. The molecule has 0 unspecified atom stereocenters. The zero-order valence-electron chi connectivity index (χ0n) is 10.5. The summed E-state index contributed by atoms with van der Waals surface area (Å²) in [4.78, 5) is 8.28.